The third-order valence-corrected chi connectivity index (χ3v) is 2.57. The molecule has 0 bridgehead atoms. The number of hydrogen-bond acceptors (Lipinski definition) is 5. The molecule has 2 rings (SSSR count). The Hall–Kier alpha value is -1.89. The Labute approximate surface area is 95.1 Å². The molecule has 0 aliphatic rings. The summed E-state index contributed by atoms with van der Waals surface area (Å²) in [6, 6.07) is 3.12. The van der Waals surface area contributed by atoms with Gasteiger partial charge < -0.3 is 5.11 Å². The van der Waals surface area contributed by atoms with Gasteiger partial charge in [-0.25, -0.2) is 14.8 Å². The van der Waals surface area contributed by atoms with Crippen LogP contribution in [0.1, 0.15) is 16.2 Å². The zero-order valence-electron chi connectivity index (χ0n) is 8.34. The maximum atomic E-state index is 10.6. The van der Waals surface area contributed by atoms with Crippen LogP contribution < -0.4 is 0 Å². The Kier molecular flexibility index (Phi) is 2.86. The first-order valence-corrected chi connectivity index (χ1v) is 5.23. The molecule has 7 heteroatoms. The van der Waals surface area contributed by atoms with E-state index in [0.29, 0.717) is 10.2 Å². The van der Waals surface area contributed by atoms with Gasteiger partial charge in [0.25, 0.3) is 0 Å². The number of pyridine rings is 1. The van der Waals surface area contributed by atoms with E-state index < -0.39 is 5.97 Å². The number of nitrogens with zero attached hydrogens (tertiary/aromatic N) is 3. The fourth-order valence-corrected chi connectivity index (χ4v) is 1.73. The van der Waals surface area contributed by atoms with Gasteiger partial charge in [-0.3, -0.25) is 5.10 Å². The summed E-state index contributed by atoms with van der Waals surface area (Å²) >= 11 is 1.27. The fourth-order valence-electron chi connectivity index (χ4n) is 1.03. The second-order valence-corrected chi connectivity index (χ2v) is 3.98. The van der Waals surface area contributed by atoms with Crippen molar-refractivity contribution >= 4 is 17.7 Å². The van der Waals surface area contributed by atoms with Crippen LogP contribution in [0.2, 0.25) is 0 Å². The lowest BCUT2D eigenvalue weighted by atomic mass is 10.3. The highest BCUT2D eigenvalue weighted by molar-refractivity contribution is 7.99. The monoisotopic (exact) mass is 236 g/mol. The molecule has 0 aliphatic heterocycles. The molecule has 0 aliphatic carbocycles. The Morgan fingerprint density at radius 3 is 2.81 bits per heavy atom. The zero-order chi connectivity index (χ0) is 11.5. The molecule has 2 aromatic heterocycles. The number of carboxylic acid groups (broad SMARTS) is 1. The quantitative estimate of drug-likeness (QED) is 0.835. The highest BCUT2D eigenvalue weighted by atomic mass is 32.2. The summed E-state index contributed by atoms with van der Waals surface area (Å²) in [5, 5.41) is 16.6. The van der Waals surface area contributed by atoms with Gasteiger partial charge in [-0.05, 0) is 30.8 Å². The minimum absolute atomic E-state index is 0.163. The first-order chi connectivity index (χ1) is 7.65. The Morgan fingerprint density at radius 2 is 2.31 bits per heavy atom. The molecule has 16 heavy (non-hydrogen) atoms. The topological polar surface area (TPSA) is 91.8 Å². The molecule has 0 fully saturated rings. The van der Waals surface area contributed by atoms with E-state index in [9.17, 15) is 4.79 Å². The van der Waals surface area contributed by atoms with Crippen molar-refractivity contribution < 1.29 is 9.90 Å². The van der Waals surface area contributed by atoms with E-state index in [-0.39, 0.29) is 5.56 Å². The highest BCUT2D eigenvalue weighted by Crippen LogP contribution is 2.21. The number of aromatic amines is 1. The van der Waals surface area contributed by atoms with Crippen LogP contribution in [-0.4, -0.2) is 31.2 Å². The van der Waals surface area contributed by atoms with Gasteiger partial charge in [0.1, 0.15) is 10.9 Å². The number of rotatable bonds is 3. The SMILES string of the molecule is Cc1nc(Sc2ccc(C(=O)O)cn2)n[nH]1. The van der Waals surface area contributed by atoms with E-state index in [1.807, 2.05) is 0 Å². The van der Waals surface area contributed by atoms with Gasteiger partial charge in [0.05, 0.1) is 5.56 Å². The summed E-state index contributed by atoms with van der Waals surface area (Å²) in [4.78, 5) is 18.7. The summed E-state index contributed by atoms with van der Waals surface area (Å²) < 4.78 is 0. The van der Waals surface area contributed by atoms with Gasteiger partial charge >= 0.3 is 5.97 Å². The van der Waals surface area contributed by atoms with E-state index in [1.54, 1.807) is 13.0 Å². The lowest BCUT2D eigenvalue weighted by molar-refractivity contribution is 0.0696. The minimum atomic E-state index is -0.988. The summed E-state index contributed by atoms with van der Waals surface area (Å²) in [5.41, 5.74) is 0.163. The lowest BCUT2D eigenvalue weighted by Gasteiger charge is -1.96. The molecule has 0 aromatic carbocycles. The predicted octanol–water partition coefficient (Wildman–Crippen LogP) is 1.36. The normalized spacial score (nSPS) is 10.3. The van der Waals surface area contributed by atoms with Crippen LogP contribution in [0.5, 0.6) is 0 Å². The fraction of sp³-hybridized carbons (Fsp3) is 0.111. The van der Waals surface area contributed by atoms with Crippen molar-refractivity contribution in [2.75, 3.05) is 0 Å². The van der Waals surface area contributed by atoms with Gasteiger partial charge in [-0.15, -0.1) is 5.10 Å². The van der Waals surface area contributed by atoms with Gasteiger partial charge in [-0.1, -0.05) is 0 Å². The van der Waals surface area contributed by atoms with Gasteiger partial charge in [0, 0.05) is 6.20 Å². The van der Waals surface area contributed by atoms with E-state index in [0.717, 1.165) is 5.82 Å². The van der Waals surface area contributed by atoms with Crippen LogP contribution in [0.3, 0.4) is 0 Å². The predicted molar refractivity (Wildman–Crippen MR) is 56.4 cm³/mol. The van der Waals surface area contributed by atoms with Crippen molar-refractivity contribution in [3.63, 3.8) is 0 Å². The van der Waals surface area contributed by atoms with Gasteiger partial charge in [-0.2, -0.15) is 0 Å². The maximum Gasteiger partial charge on any atom is 0.337 e. The van der Waals surface area contributed by atoms with Crippen LogP contribution in [-0.2, 0) is 0 Å². The Balaban J connectivity index is 2.14. The van der Waals surface area contributed by atoms with Crippen molar-refractivity contribution in [3.05, 3.63) is 29.7 Å². The molecular weight excluding hydrogens is 228 g/mol. The molecule has 0 atom stereocenters. The molecular formula is C9H8N4O2S. The van der Waals surface area contributed by atoms with Crippen molar-refractivity contribution in [3.8, 4) is 0 Å². The molecule has 0 saturated carbocycles. The summed E-state index contributed by atoms with van der Waals surface area (Å²) in [6.45, 7) is 1.80. The summed E-state index contributed by atoms with van der Waals surface area (Å²) in [7, 11) is 0. The van der Waals surface area contributed by atoms with E-state index >= 15 is 0 Å². The molecule has 0 spiro atoms. The molecule has 2 N–H and O–H groups in total. The Bertz CT molecular complexity index is 508. The van der Waals surface area contributed by atoms with Crippen LogP contribution in [0, 0.1) is 6.92 Å². The number of carbonyl (C=O) groups is 1. The first-order valence-electron chi connectivity index (χ1n) is 4.41. The molecule has 0 radical (unpaired) electrons. The molecule has 2 heterocycles. The first kappa shape index (κ1) is 10.6. The lowest BCUT2D eigenvalue weighted by Crippen LogP contribution is -1.96. The number of aromatic nitrogens is 4. The van der Waals surface area contributed by atoms with Crippen LogP contribution in [0.4, 0.5) is 0 Å². The van der Waals surface area contributed by atoms with Crippen molar-refractivity contribution in [1.29, 1.82) is 0 Å². The third kappa shape index (κ3) is 2.37. The van der Waals surface area contributed by atoms with Crippen LogP contribution >= 0.6 is 11.8 Å². The second-order valence-electron chi connectivity index (χ2n) is 3.00. The number of aromatic carboxylic acids is 1. The minimum Gasteiger partial charge on any atom is -0.478 e. The smallest absolute Gasteiger partial charge is 0.337 e. The van der Waals surface area contributed by atoms with Gasteiger partial charge in [0.15, 0.2) is 0 Å². The largest absolute Gasteiger partial charge is 0.478 e. The summed E-state index contributed by atoms with van der Waals surface area (Å²) in [5.74, 6) is -0.262. The molecule has 6 nitrogen and oxygen atoms in total. The number of H-pyrrole nitrogens is 1. The second kappa shape index (κ2) is 4.31. The maximum absolute atomic E-state index is 10.6. The highest BCUT2D eigenvalue weighted by Gasteiger charge is 2.06. The average Bonchev–Trinajstić information content (AvgIpc) is 2.65. The molecule has 2 aromatic rings. The third-order valence-electron chi connectivity index (χ3n) is 1.76. The standard InChI is InChI=1S/C9H8N4O2S/c1-5-11-9(13-12-5)16-7-3-2-6(4-10-7)8(14)15/h2-4H,1H3,(H,14,15)(H,11,12,13). The molecule has 0 unspecified atom stereocenters. The van der Waals surface area contributed by atoms with E-state index in [1.165, 1.54) is 24.0 Å². The number of aryl methyl sites for hydroxylation is 1. The molecule has 0 saturated heterocycles. The number of nitrogens with one attached hydrogen (secondary N) is 1. The van der Waals surface area contributed by atoms with Crippen molar-refractivity contribution in [2.45, 2.75) is 17.1 Å². The summed E-state index contributed by atoms with van der Waals surface area (Å²) in [6.07, 6.45) is 1.31. The average molecular weight is 236 g/mol. The molecule has 82 valence electrons. The van der Waals surface area contributed by atoms with Crippen LogP contribution in [0.25, 0.3) is 0 Å². The van der Waals surface area contributed by atoms with Gasteiger partial charge in [0.2, 0.25) is 5.16 Å². The van der Waals surface area contributed by atoms with E-state index in [2.05, 4.69) is 20.2 Å². The molecule has 0 amide bonds. The van der Waals surface area contributed by atoms with Crippen molar-refractivity contribution in [1.82, 2.24) is 20.2 Å². The van der Waals surface area contributed by atoms with Crippen molar-refractivity contribution in [2.24, 2.45) is 0 Å². The van der Waals surface area contributed by atoms with Crippen LogP contribution in [0.15, 0.2) is 28.5 Å². The number of carboxylic acids is 1. The number of hydrogen-bond donors (Lipinski definition) is 2. The van der Waals surface area contributed by atoms with E-state index in [4.69, 9.17) is 5.11 Å². The Morgan fingerprint density at radius 1 is 1.50 bits per heavy atom. The zero-order valence-corrected chi connectivity index (χ0v) is 9.15.